The number of halogens is 3. The van der Waals surface area contributed by atoms with Gasteiger partial charge in [-0.3, -0.25) is 14.5 Å². The van der Waals surface area contributed by atoms with E-state index in [-0.39, 0.29) is 23.4 Å². The van der Waals surface area contributed by atoms with Gasteiger partial charge in [-0.25, -0.2) is 4.98 Å². The highest BCUT2D eigenvalue weighted by atomic mass is 19.4. The molecule has 0 radical (unpaired) electrons. The summed E-state index contributed by atoms with van der Waals surface area (Å²) in [5.74, 6) is 0.858. The van der Waals surface area contributed by atoms with Crippen LogP contribution in [0.25, 0.3) is 0 Å². The third-order valence-electron chi connectivity index (χ3n) is 7.83. The lowest BCUT2D eigenvalue weighted by Crippen LogP contribution is -2.28. The highest BCUT2D eigenvalue weighted by Gasteiger charge is 2.32. The number of ether oxygens (including phenoxy) is 1. The zero-order chi connectivity index (χ0) is 29.9. The molecule has 222 valence electrons. The van der Waals surface area contributed by atoms with Crippen LogP contribution >= 0.6 is 0 Å². The SMILES string of the molecule is CCN(CC)Cc1cc(NC(=O)C2CCc3ccc(Oc4ccnc(NC(=O)C5CC5)c4)cc3C2)cc(C(F)(F)F)c1. The van der Waals surface area contributed by atoms with Crippen LogP contribution in [-0.2, 0) is 35.2 Å². The number of hydrogen-bond donors (Lipinski definition) is 2. The number of rotatable bonds is 10. The van der Waals surface area contributed by atoms with Gasteiger partial charge in [0.25, 0.3) is 0 Å². The van der Waals surface area contributed by atoms with Crippen LogP contribution in [-0.4, -0.2) is 34.8 Å². The van der Waals surface area contributed by atoms with Crippen molar-refractivity contribution in [3.05, 3.63) is 77.0 Å². The van der Waals surface area contributed by atoms with E-state index in [1.54, 1.807) is 24.4 Å². The summed E-state index contributed by atoms with van der Waals surface area (Å²) in [6.45, 7) is 5.70. The zero-order valence-electron chi connectivity index (χ0n) is 23.8. The average Bonchev–Trinajstić information content (AvgIpc) is 3.81. The van der Waals surface area contributed by atoms with E-state index in [1.807, 2.05) is 36.9 Å². The number of nitrogens with one attached hydrogen (secondary N) is 2. The standard InChI is InChI=1S/C32H35F3N4O3/c1-3-39(4-2)19-20-13-25(32(33,34)35)17-26(14-20)37-31(41)23-8-5-21-9-10-27(16-24(21)15-23)42-28-11-12-36-29(18-28)38-30(40)22-6-7-22/h9-14,16-18,22-23H,3-8,15,19H2,1-2H3,(H,37,41)(H,36,38,40). The van der Waals surface area contributed by atoms with Crippen molar-refractivity contribution in [2.75, 3.05) is 23.7 Å². The second-order valence-corrected chi connectivity index (χ2v) is 11.0. The maximum Gasteiger partial charge on any atom is 0.416 e. The first-order valence-electron chi connectivity index (χ1n) is 14.4. The fourth-order valence-electron chi connectivity index (χ4n) is 5.24. The summed E-state index contributed by atoms with van der Waals surface area (Å²) in [4.78, 5) is 31.6. The number of benzene rings is 2. The Hall–Kier alpha value is -3.92. The largest absolute Gasteiger partial charge is 0.457 e. The van der Waals surface area contributed by atoms with Crippen molar-refractivity contribution >= 4 is 23.3 Å². The summed E-state index contributed by atoms with van der Waals surface area (Å²) in [6, 6.07) is 12.9. The lowest BCUT2D eigenvalue weighted by atomic mass is 9.83. The van der Waals surface area contributed by atoms with Gasteiger partial charge in [0.1, 0.15) is 17.3 Å². The van der Waals surface area contributed by atoms with Crippen LogP contribution in [0.5, 0.6) is 11.5 Å². The average molecular weight is 581 g/mol. The molecule has 0 aliphatic heterocycles. The Morgan fingerprint density at radius 2 is 1.64 bits per heavy atom. The van der Waals surface area contributed by atoms with E-state index in [2.05, 4.69) is 15.6 Å². The number of amides is 2. The number of fused-ring (bicyclic) bond motifs is 1. The molecule has 1 atom stereocenters. The van der Waals surface area contributed by atoms with Gasteiger partial charge in [0.05, 0.1) is 5.56 Å². The van der Waals surface area contributed by atoms with Crippen molar-refractivity contribution in [2.24, 2.45) is 11.8 Å². The van der Waals surface area contributed by atoms with E-state index >= 15 is 0 Å². The zero-order valence-corrected chi connectivity index (χ0v) is 23.8. The third kappa shape index (κ3) is 7.47. The number of aromatic nitrogens is 1. The Labute approximate surface area is 243 Å². The Morgan fingerprint density at radius 1 is 0.905 bits per heavy atom. The minimum absolute atomic E-state index is 0.0389. The molecular weight excluding hydrogens is 545 g/mol. The third-order valence-corrected chi connectivity index (χ3v) is 7.83. The highest BCUT2D eigenvalue weighted by Crippen LogP contribution is 2.35. The molecule has 0 spiro atoms. The number of anilines is 2. The second-order valence-electron chi connectivity index (χ2n) is 11.0. The van der Waals surface area contributed by atoms with Gasteiger partial charge in [-0.15, -0.1) is 0 Å². The first-order chi connectivity index (χ1) is 20.1. The van der Waals surface area contributed by atoms with Crippen molar-refractivity contribution < 1.29 is 27.5 Å². The van der Waals surface area contributed by atoms with Gasteiger partial charge < -0.3 is 15.4 Å². The molecule has 2 aliphatic carbocycles. The predicted octanol–water partition coefficient (Wildman–Crippen LogP) is 6.83. The summed E-state index contributed by atoms with van der Waals surface area (Å²) < 4.78 is 47.0. The van der Waals surface area contributed by atoms with Gasteiger partial charge in [0.15, 0.2) is 0 Å². The molecule has 2 aliphatic rings. The molecule has 10 heteroatoms. The molecule has 1 fully saturated rings. The van der Waals surface area contributed by atoms with Crippen molar-refractivity contribution in [3.8, 4) is 11.5 Å². The number of aryl methyl sites for hydroxylation is 1. The molecule has 42 heavy (non-hydrogen) atoms. The molecule has 2 aromatic carbocycles. The molecule has 1 unspecified atom stereocenters. The fourth-order valence-corrected chi connectivity index (χ4v) is 5.24. The van der Waals surface area contributed by atoms with Crippen LogP contribution in [0, 0.1) is 11.8 Å². The molecular formula is C32H35F3N4O3. The number of carbonyl (C=O) groups is 2. The first kappa shape index (κ1) is 29.6. The summed E-state index contributed by atoms with van der Waals surface area (Å²) in [5.41, 5.74) is 1.96. The van der Waals surface area contributed by atoms with Gasteiger partial charge in [0.2, 0.25) is 11.8 Å². The lowest BCUT2D eigenvalue weighted by Gasteiger charge is -2.25. The van der Waals surface area contributed by atoms with E-state index in [4.69, 9.17) is 4.74 Å². The lowest BCUT2D eigenvalue weighted by molar-refractivity contribution is -0.137. The van der Waals surface area contributed by atoms with Crippen molar-refractivity contribution in [3.63, 3.8) is 0 Å². The smallest absolute Gasteiger partial charge is 0.416 e. The van der Waals surface area contributed by atoms with Crippen molar-refractivity contribution in [1.29, 1.82) is 0 Å². The minimum Gasteiger partial charge on any atom is -0.457 e. The number of carbonyl (C=O) groups excluding carboxylic acids is 2. The van der Waals surface area contributed by atoms with E-state index in [1.165, 1.54) is 0 Å². The first-order valence-corrected chi connectivity index (χ1v) is 14.4. The van der Waals surface area contributed by atoms with Gasteiger partial charge in [-0.05, 0) is 98.3 Å². The van der Waals surface area contributed by atoms with Crippen LogP contribution in [0.1, 0.15) is 55.4 Å². The topological polar surface area (TPSA) is 83.6 Å². The Morgan fingerprint density at radius 3 is 2.36 bits per heavy atom. The number of alkyl halides is 3. The molecule has 1 aromatic heterocycles. The molecule has 3 aromatic rings. The van der Waals surface area contributed by atoms with Gasteiger partial charge in [-0.2, -0.15) is 13.2 Å². The molecule has 2 N–H and O–H groups in total. The maximum atomic E-state index is 13.7. The van der Waals surface area contributed by atoms with Crippen LogP contribution < -0.4 is 15.4 Å². The van der Waals surface area contributed by atoms with Gasteiger partial charge in [-0.1, -0.05) is 19.9 Å². The Kier molecular flexibility index (Phi) is 8.82. The quantitative estimate of drug-likeness (QED) is 0.275. The van der Waals surface area contributed by atoms with E-state index in [0.29, 0.717) is 61.8 Å². The summed E-state index contributed by atoms with van der Waals surface area (Å²) in [5, 5.41) is 5.57. The molecule has 5 rings (SSSR count). The molecule has 1 heterocycles. The minimum atomic E-state index is -4.52. The van der Waals surface area contributed by atoms with Crippen molar-refractivity contribution in [1.82, 2.24) is 9.88 Å². The molecule has 0 bridgehead atoms. The number of hydrogen-bond acceptors (Lipinski definition) is 5. The number of nitrogens with zero attached hydrogens (tertiary/aromatic N) is 2. The van der Waals surface area contributed by atoms with Crippen LogP contribution in [0.4, 0.5) is 24.7 Å². The maximum absolute atomic E-state index is 13.7. The molecule has 2 amide bonds. The van der Waals surface area contributed by atoms with Crippen LogP contribution in [0.15, 0.2) is 54.7 Å². The Bertz CT molecular complexity index is 1450. The Balaban J connectivity index is 1.27. The normalized spacial score (nSPS) is 16.6. The van der Waals surface area contributed by atoms with E-state index < -0.39 is 17.7 Å². The van der Waals surface area contributed by atoms with Crippen molar-refractivity contribution in [2.45, 2.75) is 58.7 Å². The fraction of sp³-hybridized carbons (Fsp3) is 0.406. The van der Waals surface area contributed by atoms with Gasteiger partial charge >= 0.3 is 6.18 Å². The summed E-state index contributed by atoms with van der Waals surface area (Å²) in [6.07, 6.45) is 0.564. The van der Waals surface area contributed by atoms with E-state index in [0.717, 1.165) is 36.1 Å². The molecule has 7 nitrogen and oxygen atoms in total. The van der Waals surface area contributed by atoms with Gasteiger partial charge in [0, 0.05) is 36.3 Å². The number of pyridine rings is 1. The van der Waals surface area contributed by atoms with Crippen LogP contribution in [0.3, 0.4) is 0 Å². The monoisotopic (exact) mass is 580 g/mol. The molecule has 0 saturated heterocycles. The summed E-state index contributed by atoms with van der Waals surface area (Å²) in [7, 11) is 0. The predicted molar refractivity (Wildman–Crippen MR) is 154 cm³/mol. The summed E-state index contributed by atoms with van der Waals surface area (Å²) >= 11 is 0. The highest BCUT2D eigenvalue weighted by molar-refractivity contribution is 5.93. The molecule has 1 saturated carbocycles. The van der Waals surface area contributed by atoms with E-state index in [9.17, 15) is 22.8 Å². The second kappa shape index (κ2) is 12.5. The van der Waals surface area contributed by atoms with Crippen LogP contribution in [0.2, 0.25) is 0 Å².